The lowest BCUT2D eigenvalue weighted by molar-refractivity contribution is -0.137. The molecule has 104 valence electrons. The molecule has 1 saturated carbocycles. The van der Waals surface area contributed by atoms with Gasteiger partial charge in [-0.2, -0.15) is 0 Å². The first-order valence-electron chi connectivity index (χ1n) is 6.81. The monoisotopic (exact) mass is 256 g/mol. The summed E-state index contributed by atoms with van der Waals surface area (Å²) in [4.78, 5) is 22.5. The lowest BCUT2D eigenvalue weighted by Gasteiger charge is -2.21. The number of rotatable bonds is 6. The summed E-state index contributed by atoms with van der Waals surface area (Å²) in [7, 11) is 0. The fraction of sp³-hybridized carbons (Fsp3) is 0.846. The number of urea groups is 1. The molecule has 0 heterocycles. The molecule has 3 atom stereocenters. The summed E-state index contributed by atoms with van der Waals surface area (Å²) < 4.78 is 0. The number of hydrogen-bond acceptors (Lipinski definition) is 2. The average molecular weight is 256 g/mol. The Labute approximate surface area is 108 Å². The third kappa shape index (κ3) is 4.94. The quantitative estimate of drug-likeness (QED) is 0.681. The zero-order chi connectivity index (χ0) is 13.5. The highest BCUT2D eigenvalue weighted by Crippen LogP contribution is 2.24. The normalized spacial score (nSPS) is 24.6. The first kappa shape index (κ1) is 14.8. The molecule has 0 bridgehead atoms. The molecule has 0 aromatic rings. The predicted molar refractivity (Wildman–Crippen MR) is 69.4 cm³/mol. The Balaban J connectivity index is 2.37. The van der Waals surface area contributed by atoms with Crippen molar-refractivity contribution < 1.29 is 14.7 Å². The third-order valence-corrected chi connectivity index (χ3v) is 3.57. The SMILES string of the molecule is CCCC(CC(=O)O)NC(=O)NC1CCCC1C. The maximum Gasteiger partial charge on any atom is 0.315 e. The van der Waals surface area contributed by atoms with E-state index in [9.17, 15) is 9.59 Å². The maximum absolute atomic E-state index is 11.8. The molecule has 3 unspecified atom stereocenters. The molecule has 3 N–H and O–H groups in total. The molecule has 1 aliphatic rings. The Hall–Kier alpha value is -1.26. The van der Waals surface area contributed by atoms with Gasteiger partial charge >= 0.3 is 12.0 Å². The Bertz CT molecular complexity index is 294. The van der Waals surface area contributed by atoms with E-state index in [0.29, 0.717) is 12.3 Å². The zero-order valence-electron chi connectivity index (χ0n) is 11.2. The number of hydrogen-bond donors (Lipinski definition) is 3. The molecule has 0 aromatic heterocycles. The van der Waals surface area contributed by atoms with Gasteiger partial charge in [0.2, 0.25) is 0 Å². The minimum atomic E-state index is -0.872. The van der Waals surface area contributed by atoms with Crippen LogP contribution in [-0.2, 0) is 4.79 Å². The van der Waals surface area contributed by atoms with Crippen molar-refractivity contribution in [2.75, 3.05) is 0 Å². The highest BCUT2D eigenvalue weighted by molar-refractivity contribution is 5.76. The van der Waals surface area contributed by atoms with Crippen molar-refractivity contribution in [2.45, 2.75) is 64.5 Å². The van der Waals surface area contributed by atoms with Crippen molar-refractivity contribution in [3.05, 3.63) is 0 Å². The standard InChI is InChI=1S/C13H24N2O3/c1-3-5-10(8-12(16)17)14-13(18)15-11-7-4-6-9(11)2/h9-11H,3-8H2,1-2H3,(H,16,17)(H2,14,15,18). The minimum absolute atomic E-state index is 0.0124. The fourth-order valence-corrected chi connectivity index (χ4v) is 2.54. The van der Waals surface area contributed by atoms with Crippen LogP contribution in [0.25, 0.3) is 0 Å². The smallest absolute Gasteiger partial charge is 0.315 e. The van der Waals surface area contributed by atoms with E-state index in [1.807, 2.05) is 6.92 Å². The lowest BCUT2D eigenvalue weighted by Crippen LogP contribution is -2.47. The molecule has 0 saturated heterocycles. The topological polar surface area (TPSA) is 78.4 Å². The summed E-state index contributed by atoms with van der Waals surface area (Å²) in [6.07, 6.45) is 4.86. The summed E-state index contributed by atoms with van der Waals surface area (Å²) in [5, 5.41) is 14.5. The van der Waals surface area contributed by atoms with Crippen molar-refractivity contribution in [2.24, 2.45) is 5.92 Å². The molecule has 1 rings (SSSR count). The number of aliphatic carboxylic acids is 1. The van der Waals surface area contributed by atoms with Gasteiger partial charge in [-0.3, -0.25) is 4.79 Å². The first-order valence-corrected chi connectivity index (χ1v) is 6.81. The molecule has 5 nitrogen and oxygen atoms in total. The van der Waals surface area contributed by atoms with Crippen molar-refractivity contribution in [3.8, 4) is 0 Å². The largest absolute Gasteiger partial charge is 0.481 e. The summed E-state index contributed by atoms with van der Waals surface area (Å²) in [5.41, 5.74) is 0. The van der Waals surface area contributed by atoms with Gasteiger partial charge in [-0.25, -0.2) is 4.79 Å². The van der Waals surface area contributed by atoms with Gasteiger partial charge in [0, 0.05) is 12.1 Å². The summed E-state index contributed by atoms with van der Waals surface area (Å²) in [6.45, 7) is 4.12. The molecule has 1 aliphatic carbocycles. The van der Waals surface area contributed by atoms with Crippen LogP contribution in [0.4, 0.5) is 4.79 Å². The van der Waals surface area contributed by atoms with E-state index < -0.39 is 5.97 Å². The van der Waals surface area contributed by atoms with E-state index in [2.05, 4.69) is 17.6 Å². The van der Waals surface area contributed by atoms with Gasteiger partial charge in [-0.15, -0.1) is 0 Å². The summed E-state index contributed by atoms with van der Waals surface area (Å²) in [6, 6.07) is -0.269. The van der Waals surface area contributed by atoms with Crippen molar-refractivity contribution in [1.82, 2.24) is 10.6 Å². The molecular formula is C13H24N2O3. The molecule has 18 heavy (non-hydrogen) atoms. The van der Waals surface area contributed by atoms with Crippen LogP contribution in [0.15, 0.2) is 0 Å². The van der Waals surface area contributed by atoms with Crippen LogP contribution in [0.3, 0.4) is 0 Å². The molecule has 0 spiro atoms. The van der Waals surface area contributed by atoms with Crippen LogP contribution in [0.1, 0.15) is 52.4 Å². The molecule has 0 aliphatic heterocycles. The molecule has 1 fully saturated rings. The number of carboxylic acids is 1. The lowest BCUT2D eigenvalue weighted by atomic mass is 10.1. The van der Waals surface area contributed by atoms with Gasteiger partial charge < -0.3 is 15.7 Å². The first-order chi connectivity index (χ1) is 8.52. The van der Waals surface area contributed by atoms with Crippen LogP contribution in [0, 0.1) is 5.92 Å². The van der Waals surface area contributed by atoms with Crippen molar-refractivity contribution in [1.29, 1.82) is 0 Å². The van der Waals surface area contributed by atoms with Crippen LogP contribution < -0.4 is 10.6 Å². The van der Waals surface area contributed by atoms with E-state index in [1.165, 1.54) is 0 Å². The fourth-order valence-electron chi connectivity index (χ4n) is 2.54. The molecule has 0 aromatic carbocycles. The van der Waals surface area contributed by atoms with E-state index in [-0.39, 0.29) is 24.5 Å². The van der Waals surface area contributed by atoms with Gasteiger partial charge in [0.05, 0.1) is 6.42 Å². The minimum Gasteiger partial charge on any atom is -0.481 e. The second-order valence-corrected chi connectivity index (χ2v) is 5.22. The Kier molecular flexibility index (Phi) is 5.95. The molecular weight excluding hydrogens is 232 g/mol. The molecule has 0 radical (unpaired) electrons. The van der Waals surface area contributed by atoms with Crippen molar-refractivity contribution in [3.63, 3.8) is 0 Å². The van der Waals surface area contributed by atoms with Crippen molar-refractivity contribution >= 4 is 12.0 Å². The van der Waals surface area contributed by atoms with Gasteiger partial charge in [-0.05, 0) is 25.2 Å². The molecule has 2 amide bonds. The Morgan fingerprint density at radius 1 is 1.39 bits per heavy atom. The van der Waals surface area contributed by atoms with Gasteiger partial charge in [-0.1, -0.05) is 26.7 Å². The number of carbonyl (C=O) groups is 2. The zero-order valence-corrected chi connectivity index (χ0v) is 11.2. The van der Waals surface area contributed by atoms with Gasteiger partial charge in [0.1, 0.15) is 0 Å². The highest BCUT2D eigenvalue weighted by Gasteiger charge is 2.25. The third-order valence-electron chi connectivity index (χ3n) is 3.57. The second kappa shape index (κ2) is 7.24. The molecule has 5 heteroatoms. The van der Waals surface area contributed by atoms with Gasteiger partial charge in [0.15, 0.2) is 0 Å². The van der Waals surface area contributed by atoms with E-state index in [0.717, 1.165) is 25.7 Å². The van der Waals surface area contributed by atoms with E-state index >= 15 is 0 Å². The number of amides is 2. The van der Waals surface area contributed by atoms with Crippen LogP contribution in [0.2, 0.25) is 0 Å². The summed E-state index contributed by atoms with van der Waals surface area (Å²) >= 11 is 0. The Morgan fingerprint density at radius 3 is 2.61 bits per heavy atom. The number of nitrogens with one attached hydrogen (secondary N) is 2. The average Bonchev–Trinajstić information content (AvgIpc) is 2.63. The van der Waals surface area contributed by atoms with E-state index in [1.54, 1.807) is 0 Å². The van der Waals surface area contributed by atoms with Crippen LogP contribution in [-0.4, -0.2) is 29.2 Å². The second-order valence-electron chi connectivity index (χ2n) is 5.22. The maximum atomic E-state index is 11.8. The summed E-state index contributed by atoms with van der Waals surface area (Å²) in [5.74, 6) is -0.358. The Morgan fingerprint density at radius 2 is 2.11 bits per heavy atom. The van der Waals surface area contributed by atoms with Crippen LogP contribution in [0.5, 0.6) is 0 Å². The van der Waals surface area contributed by atoms with E-state index in [4.69, 9.17) is 5.11 Å². The van der Waals surface area contributed by atoms with Gasteiger partial charge in [0.25, 0.3) is 0 Å². The predicted octanol–water partition coefficient (Wildman–Crippen LogP) is 2.12. The van der Waals surface area contributed by atoms with Crippen LogP contribution >= 0.6 is 0 Å². The highest BCUT2D eigenvalue weighted by atomic mass is 16.4. The number of carbonyl (C=O) groups excluding carboxylic acids is 1. The number of carboxylic acid groups (broad SMARTS) is 1.